The van der Waals surface area contributed by atoms with Crippen molar-refractivity contribution >= 4 is 6.03 Å². The second-order valence-electron chi connectivity index (χ2n) is 7.66. The summed E-state index contributed by atoms with van der Waals surface area (Å²) in [5.74, 6) is 0. The summed E-state index contributed by atoms with van der Waals surface area (Å²) < 4.78 is 7.61. The van der Waals surface area contributed by atoms with Gasteiger partial charge in [0, 0.05) is 31.6 Å². The van der Waals surface area contributed by atoms with Crippen molar-refractivity contribution in [2.75, 3.05) is 19.8 Å². The highest BCUT2D eigenvalue weighted by Crippen LogP contribution is 2.36. The quantitative estimate of drug-likeness (QED) is 0.600. The number of carbonyl (C=O) groups excluding carboxylic acids is 1. The molecule has 2 amide bonds. The van der Waals surface area contributed by atoms with E-state index >= 15 is 0 Å². The molecule has 1 aromatic heterocycles. The summed E-state index contributed by atoms with van der Waals surface area (Å²) in [7, 11) is 0. The number of rotatable bonds is 6. The van der Waals surface area contributed by atoms with Gasteiger partial charge in [-0.2, -0.15) is 0 Å². The highest BCUT2D eigenvalue weighted by Gasteiger charge is 2.32. The van der Waals surface area contributed by atoms with E-state index in [1.807, 2.05) is 24.0 Å². The zero-order valence-corrected chi connectivity index (χ0v) is 17.7. The summed E-state index contributed by atoms with van der Waals surface area (Å²) in [5.41, 5.74) is 5.66. The Hall–Kier alpha value is -3.05. The Balaban J connectivity index is 1.71. The third-order valence-electron chi connectivity index (χ3n) is 5.53. The molecule has 0 saturated heterocycles. The molecule has 0 aliphatic carbocycles. The largest absolute Gasteiger partial charge is 0.382 e. The maximum absolute atomic E-state index is 13.4. The number of fused-ring (bicyclic) bond motifs is 3. The standard InChI is InChI=1S/C25H29N3O2/c1-3-30-16-8-14-26-25(29)28-18-21-10-4-5-12-22(21)27-15-7-13-23(27)24(28)20-11-6-9-19(2)17-20/h4-7,9-13,15,17,24H,3,8,14,16,18H2,1-2H3,(H,26,29)/t24-/m0/s1. The number of aromatic nitrogens is 1. The van der Waals surface area contributed by atoms with Crippen molar-refractivity contribution in [1.29, 1.82) is 0 Å². The van der Waals surface area contributed by atoms with Crippen LogP contribution in [0.5, 0.6) is 0 Å². The molecule has 0 bridgehead atoms. The summed E-state index contributed by atoms with van der Waals surface area (Å²) in [4.78, 5) is 15.3. The lowest BCUT2D eigenvalue weighted by Crippen LogP contribution is -2.42. The first kappa shape index (κ1) is 20.2. The first-order valence-electron chi connectivity index (χ1n) is 10.6. The average molecular weight is 404 g/mol. The smallest absolute Gasteiger partial charge is 0.318 e. The Morgan fingerprint density at radius 1 is 1.13 bits per heavy atom. The monoisotopic (exact) mass is 403 g/mol. The highest BCUT2D eigenvalue weighted by atomic mass is 16.5. The molecule has 0 spiro atoms. The van der Waals surface area contributed by atoms with E-state index in [9.17, 15) is 4.79 Å². The van der Waals surface area contributed by atoms with Crippen LogP contribution in [0.1, 0.15) is 41.8 Å². The molecule has 30 heavy (non-hydrogen) atoms. The molecule has 0 radical (unpaired) electrons. The Morgan fingerprint density at radius 3 is 2.83 bits per heavy atom. The molecule has 3 aromatic rings. The molecule has 2 heterocycles. The summed E-state index contributed by atoms with van der Waals surface area (Å²) in [6.45, 7) is 6.57. The van der Waals surface area contributed by atoms with Gasteiger partial charge in [-0.05, 0) is 49.6 Å². The summed E-state index contributed by atoms with van der Waals surface area (Å²) >= 11 is 0. The number of hydrogen-bond donors (Lipinski definition) is 1. The maximum Gasteiger partial charge on any atom is 0.318 e. The molecule has 0 fully saturated rings. The number of carbonyl (C=O) groups is 1. The van der Waals surface area contributed by atoms with E-state index in [1.54, 1.807) is 0 Å². The van der Waals surface area contributed by atoms with Crippen molar-refractivity contribution in [3.8, 4) is 5.69 Å². The number of ether oxygens (including phenoxy) is 1. The van der Waals surface area contributed by atoms with E-state index < -0.39 is 0 Å². The zero-order chi connectivity index (χ0) is 20.9. The second kappa shape index (κ2) is 9.18. The fraction of sp³-hybridized carbons (Fsp3) is 0.320. The molecule has 1 aliphatic heterocycles. The van der Waals surface area contributed by atoms with Crippen LogP contribution in [-0.2, 0) is 11.3 Å². The lowest BCUT2D eigenvalue weighted by atomic mass is 10.00. The van der Waals surface area contributed by atoms with Gasteiger partial charge in [-0.3, -0.25) is 0 Å². The van der Waals surface area contributed by atoms with Crippen LogP contribution in [0, 0.1) is 6.92 Å². The van der Waals surface area contributed by atoms with E-state index in [1.165, 1.54) is 5.56 Å². The first-order chi connectivity index (χ1) is 14.7. The number of amides is 2. The van der Waals surface area contributed by atoms with Gasteiger partial charge in [-0.1, -0.05) is 48.0 Å². The van der Waals surface area contributed by atoms with E-state index in [-0.39, 0.29) is 12.1 Å². The zero-order valence-electron chi connectivity index (χ0n) is 17.7. The van der Waals surface area contributed by atoms with Crippen LogP contribution < -0.4 is 5.32 Å². The Bertz CT molecular complexity index is 1010. The fourth-order valence-electron chi connectivity index (χ4n) is 4.15. The molecular formula is C25H29N3O2. The topological polar surface area (TPSA) is 46.5 Å². The molecule has 4 rings (SSSR count). The molecule has 0 saturated carbocycles. The lowest BCUT2D eigenvalue weighted by molar-refractivity contribution is 0.143. The van der Waals surface area contributed by atoms with Gasteiger partial charge in [0.05, 0.1) is 18.3 Å². The van der Waals surface area contributed by atoms with Crippen molar-refractivity contribution in [2.24, 2.45) is 0 Å². The fourth-order valence-corrected chi connectivity index (χ4v) is 4.15. The maximum atomic E-state index is 13.4. The molecule has 5 nitrogen and oxygen atoms in total. The number of nitrogens with zero attached hydrogens (tertiary/aromatic N) is 2. The van der Waals surface area contributed by atoms with Crippen molar-refractivity contribution in [2.45, 2.75) is 32.9 Å². The molecule has 0 unspecified atom stereocenters. The molecular weight excluding hydrogens is 374 g/mol. The van der Waals surface area contributed by atoms with Gasteiger partial charge < -0.3 is 19.5 Å². The van der Waals surface area contributed by atoms with E-state index in [0.717, 1.165) is 28.9 Å². The third kappa shape index (κ3) is 4.12. The van der Waals surface area contributed by atoms with Crippen LogP contribution >= 0.6 is 0 Å². The van der Waals surface area contributed by atoms with Crippen LogP contribution in [0.15, 0.2) is 66.9 Å². The summed E-state index contributed by atoms with van der Waals surface area (Å²) in [6, 6.07) is 20.7. The Labute approximate surface area is 178 Å². The van der Waals surface area contributed by atoms with Crippen molar-refractivity contribution < 1.29 is 9.53 Å². The van der Waals surface area contributed by atoms with Crippen LogP contribution in [0.25, 0.3) is 5.69 Å². The molecule has 2 aromatic carbocycles. The minimum absolute atomic E-state index is 0.0533. The van der Waals surface area contributed by atoms with Crippen LogP contribution in [0.3, 0.4) is 0 Å². The van der Waals surface area contributed by atoms with E-state index in [4.69, 9.17) is 4.74 Å². The van der Waals surface area contributed by atoms with Crippen molar-refractivity contribution in [3.63, 3.8) is 0 Å². The normalized spacial score (nSPS) is 15.3. The number of urea groups is 1. The molecule has 1 aliphatic rings. The molecule has 156 valence electrons. The predicted octanol–water partition coefficient (Wildman–Crippen LogP) is 4.83. The van der Waals surface area contributed by atoms with Gasteiger partial charge in [0.1, 0.15) is 0 Å². The highest BCUT2D eigenvalue weighted by molar-refractivity contribution is 5.76. The Morgan fingerprint density at radius 2 is 2.00 bits per heavy atom. The van der Waals surface area contributed by atoms with Crippen molar-refractivity contribution in [3.05, 3.63) is 89.2 Å². The number of para-hydroxylation sites is 1. The molecule has 5 heteroatoms. The summed E-state index contributed by atoms with van der Waals surface area (Å²) in [6.07, 6.45) is 2.88. The Kier molecular flexibility index (Phi) is 6.19. The second-order valence-corrected chi connectivity index (χ2v) is 7.66. The average Bonchev–Trinajstić information content (AvgIpc) is 3.17. The SMILES string of the molecule is CCOCCCNC(=O)N1Cc2ccccc2-n2cccc2[C@@H]1c1cccc(C)c1. The van der Waals surface area contributed by atoms with Crippen LogP contribution in [-0.4, -0.2) is 35.3 Å². The lowest BCUT2D eigenvalue weighted by Gasteiger charge is -2.31. The number of aryl methyl sites for hydroxylation is 1. The van der Waals surface area contributed by atoms with Gasteiger partial charge in [-0.25, -0.2) is 4.79 Å². The third-order valence-corrected chi connectivity index (χ3v) is 5.53. The van der Waals surface area contributed by atoms with E-state index in [2.05, 4.69) is 71.5 Å². The van der Waals surface area contributed by atoms with E-state index in [0.29, 0.717) is 26.3 Å². The van der Waals surface area contributed by atoms with Crippen LogP contribution in [0.2, 0.25) is 0 Å². The van der Waals surface area contributed by atoms with Crippen molar-refractivity contribution in [1.82, 2.24) is 14.8 Å². The van der Waals surface area contributed by atoms with Gasteiger partial charge in [0.15, 0.2) is 0 Å². The number of nitrogens with one attached hydrogen (secondary N) is 1. The summed E-state index contributed by atoms with van der Waals surface area (Å²) in [5, 5.41) is 3.10. The number of hydrogen-bond acceptors (Lipinski definition) is 2. The molecule has 1 N–H and O–H groups in total. The predicted molar refractivity (Wildman–Crippen MR) is 119 cm³/mol. The van der Waals surface area contributed by atoms with Gasteiger partial charge >= 0.3 is 6.03 Å². The minimum Gasteiger partial charge on any atom is -0.382 e. The van der Waals surface area contributed by atoms with Gasteiger partial charge in [0.2, 0.25) is 0 Å². The minimum atomic E-state index is -0.167. The van der Waals surface area contributed by atoms with Gasteiger partial charge in [0.25, 0.3) is 0 Å². The van der Waals surface area contributed by atoms with Crippen LogP contribution in [0.4, 0.5) is 4.79 Å². The number of benzene rings is 2. The molecule has 1 atom stereocenters. The first-order valence-corrected chi connectivity index (χ1v) is 10.6. The van der Waals surface area contributed by atoms with Gasteiger partial charge in [-0.15, -0.1) is 0 Å².